The molecular formula is C15H27NO2. The number of amides is 1. The summed E-state index contributed by atoms with van der Waals surface area (Å²) in [5, 5.41) is 12.9. The molecule has 0 heterocycles. The van der Waals surface area contributed by atoms with Gasteiger partial charge in [0.05, 0.1) is 12.1 Å². The maximum atomic E-state index is 12.3. The van der Waals surface area contributed by atoms with Crippen LogP contribution in [0.3, 0.4) is 0 Å². The monoisotopic (exact) mass is 253 g/mol. The van der Waals surface area contributed by atoms with E-state index in [1.807, 2.05) is 0 Å². The van der Waals surface area contributed by atoms with Gasteiger partial charge in [-0.25, -0.2) is 0 Å². The van der Waals surface area contributed by atoms with Crippen molar-refractivity contribution in [1.29, 1.82) is 0 Å². The lowest BCUT2D eigenvalue weighted by Gasteiger charge is -2.39. The summed E-state index contributed by atoms with van der Waals surface area (Å²) in [5.41, 5.74) is -0.327. The van der Waals surface area contributed by atoms with E-state index >= 15 is 0 Å². The van der Waals surface area contributed by atoms with Crippen molar-refractivity contribution < 1.29 is 9.90 Å². The van der Waals surface area contributed by atoms with Crippen LogP contribution in [-0.2, 0) is 4.79 Å². The molecule has 0 spiro atoms. The molecule has 0 aromatic rings. The number of carbonyl (C=O) groups excluding carboxylic acids is 1. The SMILES string of the molecule is CC1CCC(CO)(NC(=O)C2CCCC2C)CC1. The summed E-state index contributed by atoms with van der Waals surface area (Å²) in [6.07, 6.45) is 7.44. The van der Waals surface area contributed by atoms with Crippen molar-refractivity contribution in [2.75, 3.05) is 6.61 Å². The van der Waals surface area contributed by atoms with Gasteiger partial charge in [-0.3, -0.25) is 4.79 Å². The quantitative estimate of drug-likeness (QED) is 0.812. The van der Waals surface area contributed by atoms with Crippen LogP contribution in [0.4, 0.5) is 0 Å². The fourth-order valence-electron chi connectivity index (χ4n) is 3.53. The van der Waals surface area contributed by atoms with Crippen molar-refractivity contribution in [2.24, 2.45) is 17.8 Å². The van der Waals surface area contributed by atoms with Crippen molar-refractivity contribution in [3.05, 3.63) is 0 Å². The summed E-state index contributed by atoms with van der Waals surface area (Å²) < 4.78 is 0. The number of hydrogen-bond donors (Lipinski definition) is 2. The van der Waals surface area contributed by atoms with Crippen LogP contribution in [0, 0.1) is 17.8 Å². The fourth-order valence-corrected chi connectivity index (χ4v) is 3.53. The minimum atomic E-state index is -0.327. The van der Waals surface area contributed by atoms with Crippen molar-refractivity contribution in [1.82, 2.24) is 5.32 Å². The van der Waals surface area contributed by atoms with Crippen LogP contribution < -0.4 is 5.32 Å². The lowest BCUT2D eigenvalue weighted by Crippen LogP contribution is -2.55. The Labute approximate surface area is 110 Å². The predicted octanol–water partition coefficient (Wildman–Crippen LogP) is 2.48. The zero-order chi connectivity index (χ0) is 13.2. The van der Waals surface area contributed by atoms with Gasteiger partial charge in [0.2, 0.25) is 5.91 Å². The Morgan fingerprint density at radius 3 is 2.39 bits per heavy atom. The molecule has 104 valence electrons. The van der Waals surface area contributed by atoms with Gasteiger partial charge in [-0.2, -0.15) is 0 Å². The number of aliphatic hydroxyl groups is 1. The van der Waals surface area contributed by atoms with Gasteiger partial charge in [-0.15, -0.1) is 0 Å². The van der Waals surface area contributed by atoms with Gasteiger partial charge in [-0.1, -0.05) is 20.3 Å². The Morgan fingerprint density at radius 2 is 1.89 bits per heavy atom. The Bertz CT molecular complexity index is 295. The lowest BCUT2D eigenvalue weighted by molar-refractivity contribution is -0.129. The van der Waals surface area contributed by atoms with E-state index in [0.29, 0.717) is 5.92 Å². The first-order chi connectivity index (χ1) is 8.56. The van der Waals surface area contributed by atoms with Crippen LogP contribution in [0.1, 0.15) is 58.8 Å². The third-order valence-electron chi connectivity index (χ3n) is 5.12. The molecule has 2 aliphatic rings. The van der Waals surface area contributed by atoms with E-state index in [1.165, 1.54) is 12.8 Å². The molecule has 2 aliphatic carbocycles. The van der Waals surface area contributed by atoms with Crippen LogP contribution in [0.5, 0.6) is 0 Å². The summed E-state index contributed by atoms with van der Waals surface area (Å²) in [4.78, 5) is 12.3. The Kier molecular flexibility index (Phi) is 4.31. The van der Waals surface area contributed by atoms with Gasteiger partial charge in [-0.05, 0) is 50.4 Å². The summed E-state index contributed by atoms with van der Waals surface area (Å²) in [6.45, 7) is 4.51. The van der Waals surface area contributed by atoms with Gasteiger partial charge in [0.1, 0.15) is 0 Å². The van der Waals surface area contributed by atoms with Crippen LogP contribution in [0.25, 0.3) is 0 Å². The van der Waals surface area contributed by atoms with E-state index in [1.54, 1.807) is 0 Å². The zero-order valence-electron chi connectivity index (χ0n) is 11.7. The van der Waals surface area contributed by atoms with E-state index < -0.39 is 0 Å². The molecule has 2 fully saturated rings. The highest BCUT2D eigenvalue weighted by molar-refractivity contribution is 5.80. The van der Waals surface area contributed by atoms with Crippen LogP contribution in [0.2, 0.25) is 0 Å². The van der Waals surface area contributed by atoms with Crippen LogP contribution in [0.15, 0.2) is 0 Å². The minimum Gasteiger partial charge on any atom is -0.394 e. The molecule has 3 heteroatoms. The molecule has 0 radical (unpaired) electrons. The molecule has 2 N–H and O–H groups in total. The molecule has 3 nitrogen and oxygen atoms in total. The van der Waals surface area contributed by atoms with E-state index in [4.69, 9.17) is 0 Å². The molecule has 1 amide bonds. The van der Waals surface area contributed by atoms with Crippen molar-refractivity contribution in [2.45, 2.75) is 64.3 Å². The molecule has 0 bridgehead atoms. The molecule has 2 saturated carbocycles. The largest absolute Gasteiger partial charge is 0.394 e. The first kappa shape index (κ1) is 13.9. The molecule has 0 aliphatic heterocycles. The highest BCUT2D eigenvalue weighted by atomic mass is 16.3. The van der Waals surface area contributed by atoms with Crippen molar-refractivity contribution in [3.63, 3.8) is 0 Å². The molecule has 2 unspecified atom stereocenters. The standard InChI is InChI=1S/C15H27NO2/c1-11-6-8-15(10-17,9-7-11)16-14(18)13-5-3-4-12(13)2/h11-13,17H,3-10H2,1-2H3,(H,16,18). The number of aliphatic hydroxyl groups excluding tert-OH is 1. The van der Waals surface area contributed by atoms with Crippen molar-refractivity contribution in [3.8, 4) is 0 Å². The molecule has 0 aromatic carbocycles. The summed E-state index contributed by atoms with van der Waals surface area (Å²) >= 11 is 0. The van der Waals surface area contributed by atoms with Crippen LogP contribution in [-0.4, -0.2) is 23.2 Å². The summed E-state index contributed by atoms with van der Waals surface area (Å²) in [5.74, 6) is 1.59. The van der Waals surface area contributed by atoms with Crippen LogP contribution >= 0.6 is 0 Å². The van der Waals surface area contributed by atoms with E-state index in [9.17, 15) is 9.90 Å². The fraction of sp³-hybridized carbons (Fsp3) is 0.933. The third kappa shape index (κ3) is 2.87. The van der Waals surface area contributed by atoms with Crippen molar-refractivity contribution >= 4 is 5.91 Å². The topological polar surface area (TPSA) is 49.3 Å². The molecule has 18 heavy (non-hydrogen) atoms. The molecular weight excluding hydrogens is 226 g/mol. The molecule has 0 aromatic heterocycles. The second-order valence-corrected chi connectivity index (χ2v) is 6.62. The van der Waals surface area contributed by atoms with Gasteiger partial charge in [0, 0.05) is 5.92 Å². The Balaban J connectivity index is 1.95. The number of carbonyl (C=O) groups is 1. The normalized spacial score (nSPS) is 40.7. The molecule has 2 rings (SSSR count). The maximum absolute atomic E-state index is 12.3. The maximum Gasteiger partial charge on any atom is 0.223 e. The predicted molar refractivity (Wildman–Crippen MR) is 72.1 cm³/mol. The third-order valence-corrected chi connectivity index (χ3v) is 5.12. The average molecular weight is 253 g/mol. The first-order valence-electron chi connectivity index (χ1n) is 7.49. The van der Waals surface area contributed by atoms with E-state index in [2.05, 4.69) is 19.2 Å². The Hall–Kier alpha value is -0.570. The first-order valence-corrected chi connectivity index (χ1v) is 7.49. The average Bonchev–Trinajstić information content (AvgIpc) is 2.79. The van der Waals surface area contributed by atoms with Gasteiger partial charge >= 0.3 is 0 Å². The smallest absolute Gasteiger partial charge is 0.223 e. The number of hydrogen-bond acceptors (Lipinski definition) is 2. The highest BCUT2D eigenvalue weighted by Gasteiger charge is 2.38. The van der Waals surface area contributed by atoms with E-state index in [-0.39, 0.29) is 24.0 Å². The number of rotatable bonds is 3. The second kappa shape index (κ2) is 5.60. The second-order valence-electron chi connectivity index (χ2n) is 6.62. The summed E-state index contributed by atoms with van der Waals surface area (Å²) in [6, 6.07) is 0. The van der Waals surface area contributed by atoms with Gasteiger partial charge < -0.3 is 10.4 Å². The summed E-state index contributed by atoms with van der Waals surface area (Å²) in [7, 11) is 0. The van der Waals surface area contributed by atoms with Gasteiger partial charge in [0.15, 0.2) is 0 Å². The molecule has 2 atom stereocenters. The Morgan fingerprint density at radius 1 is 1.22 bits per heavy atom. The molecule has 0 saturated heterocycles. The lowest BCUT2D eigenvalue weighted by atomic mass is 9.77. The highest BCUT2D eigenvalue weighted by Crippen LogP contribution is 2.35. The minimum absolute atomic E-state index is 0.0898. The van der Waals surface area contributed by atoms with E-state index in [0.717, 1.165) is 38.0 Å². The number of nitrogens with one attached hydrogen (secondary N) is 1. The zero-order valence-corrected chi connectivity index (χ0v) is 11.7. The van der Waals surface area contributed by atoms with Gasteiger partial charge in [0.25, 0.3) is 0 Å².